The Morgan fingerprint density at radius 2 is 1.52 bits per heavy atom. The van der Waals surface area contributed by atoms with Crippen LogP contribution in [-0.4, -0.2) is 16.2 Å². The van der Waals surface area contributed by atoms with Crippen LogP contribution in [0.4, 0.5) is 10.5 Å². The van der Waals surface area contributed by atoms with Gasteiger partial charge in [-0.05, 0) is 29.8 Å². The van der Waals surface area contributed by atoms with E-state index in [1.807, 2.05) is 60.7 Å². The average molecular weight is 405 g/mol. The van der Waals surface area contributed by atoms with Crippen molar-refractivity contribution in [3.05, 3.63) is 101 Å². The van der Waals surface area contributed by atoms with Crippen LogP contribution in [-0.2, 0) is 0 Å². The minimum Gasteiger partial charge on any atom is -0.418 e. The topological polar surface area (TPSA) is 80.0 Å². The van der Waals surface area contributed by atoms with Crippen molar-refractivity contribution in [2.24, 2.45) is 0 Å². The molecule has 3 aromatic carbocycles. The smallest absolute Gasteiger partial charge is 0.320 e. The second kappa shape index (κ2) is 8.58. The molecule has 0 fully saturated rings. The van der Waals surface area contributed by atoms with Crippen LogP contribution in [0.15, 0.2) is 89.3 Å². The van der Waals surface area contributed by atoms with E-state index in [0.717, 1.165) is 5.56 Å². The molecule has 144 valence electrons. The molecule has 1 aromatic heterocycles. The zero-order chi connectivity index (χ0) is 20.1. The number of hydrogen-bond acceptors (Lipinski definition) is 4. The van der Waals surface area contributed by atoms with Crippen molar-refractivity contribution in [3.63, 3.8) is 0 Å². The monoisotopic (exact) mass is 404 g/mol. The predicted octanol–water partition coefficient (Wildman–Crippen LogP) is 5.30. The van der Waals surface area contributed by atoms with Crippen molar-refractivity contribution in [1.29, 1.82) is 0 Å². The summed E-state index contributed by atoms with van der Waals surface area (Å²) >= 11 is 6.23. The maximum Gasteiger partial charge on any atom is 0.320 e. The van der Waals surface area contributed by atoms with Gasteiger partial charge in [0.15, 0.2) is 0 Å². The van der Waals surface area contributed by atoms with Crippen molar-refractivity contribution in [2.75, 3.05) is 5.32 Å². The van der Waals surface area contributed by atoms with Gasteiger partial charge in [-0.15, -0.1) is 10.2 Å². The van der Waals surface area contributed by atoms with Crippen LogP contribution >= 0.6 is 11.6 Å². The van der Waals surface area contributed by atoms with Crippen LogP contribution in [0, 0.1) is 0 Å². The van der Waals surface area contributed by atoms with Gasteiger partial charge >= 0.3 is 6.03 Å². The maximum atomic E-state index is 12.6. The van der Waals surface area contributed by atoms with E-state index in [0.29, 0.717) is 16.3 Å². The number of halogens is 1. The molecule has 0 aliphatic heterocycles. The lowest BCUT2D eigenvalue weighted by atomic mass is 10.1. The number of anilines is 1. The SMILES string of the molecule is O=C(Nc1ccccc1)NC(c1ccccc1)c1nnc(-c2ccccc2Cl)o1. The molecule has 2 N–H and O–H groups in total. The van der Waals surface area contributed by atoms with Crippen LogP contribution < -0.4 is 10.6 Å². The first-order valence-corrected chi connectivity index (χ1v) is 9.34. The molecule has 29 heavy (non-hydrogen) atoms. The molecule has 1 atom stereocenters. The molecule has 4 rings (SSSR count). The number of benzene rings is 3. The zero-order valence-electron chi connectivity index (χ0n) is 15.2. The van der Waals surface area contributed by atoms with Gasteiger partial charge in [-0.3, -0.25) is 0 Å². The lowest BCUT2D eigenvalue weighted by Crippen LogP contribution is -2.33. The Bertz CT molecular complexity index is 1100. The molecular weight excluding hydrogens is 388 g/mol. The lowest BCUT2D eigenvalue weighted by Gasteiger charge is -2.16. The highest BCUT2D eigenvalue weighted by Gasteiger charge is 2.24. The Morgan fingerprint density at radius 1 is 0.862 bits per heavy atom. The van der Waals surface area contributed by atoms with E-state index in [9.17, 15) is 4.79 Å². The minimum atomic E-state index is -0.622. The van der Waals surface area contributed by atoms with Crippen molar-refractivity contribution < 1.29 is 9.21 Å². The molecule has 0 aliphatic carbocycles. The Balaban J connectivity index is 1.62. The Hall–Kier alpha value is -3.64. The fraction of sp³-hybridized carbons (Fsp3) is 0.0455. The van der Waals surface area contributed by atoms with Gasteiger partial charge in [-0.25, -0.2) is 4.79 Å². The number of urea groups is 1. The average Bonchev–Trinajstić information content (AvgIpc) is 3.23. The van der Waals surface area contributed by atoms with Crippen LogP contribution in [0.2, 0.25) is 5.02 Å². The van der Waals surface area contributed by atoms with Crippen LogP contribution in [0.1, 0.15) is 17.5 Å². The maximum absolute atomic E-state index is 12.6. The van der Waals surface area contributed by atoms with Crippen molar-refractivity contribution >= 4 is 23.3 Å². The second-order valence-corrected chi connectivity index (χ2v) is 6.64. The number of rotatable bonds is 5. The number of carbonyl (C=O) groups excluding carboxylic acids is 1. The third kappa shape index (κ3) is 4.44. The van der Waals surface area contributed by atoms with Gasteiger partial charge in [-0.2, -0.15) is 0 Å². The van der Waals surface area contributed by atoms with Crippen molar-refractivity contribution in [1.82, 2.24) is 15.5 Å². The molecule has 0 radical (unpaired) electrons. The highest BCUT2D eigenvalue weighted by Crippen LogP contribution is 2.29. The van der Waals surface area contributed by atoms with Gasteiger partial charge < -0.3 is 15.1 Å². The highest BCUT2D eigenvalue weighted by molar-refractivity contribution is 6.33. The molecule has 4 aromatic rings. The molecule has 6 nitrogen and oxygen atoms in total. The standard InChI is InChI=1S/C22H17ClN4O2/c23-18-14-8-7-13-17(18)20-26-27-21(29-20)19(15-9-3-1-4-10-15)25-22(28)24-16-11-5-2-6-12-16/h1-14,19H,(H2,24,25,28). The van der Waals surface area contributed by atoms with Gasteiger partial charge in [-0.1, -0.05) is 72.3 Å². The molecule has 1 heterocycles. The number of aromatic nitrogens is 2. The molecule has 0 saturated heterocycles. The first-order chi connectivity index (χ1) is 14.2. The number of nitrogens with one attached hydrogen (secondary N) is 2. The summed E-state index contributed by atoms with van der Waals surface area (Å²) in [6.07, 6.45) is 0. The third-order valence-electron chi connectivity index (χ3n) is 4.23. The van der Waals surface area contributed by atoms with E-state index in [4.69, 9.17) is 16.0 Å². The minimum absolute atomic E-state index is 0.259. The van der Waals surface area contributed by atoms with Crippen molar-refractivity contribution in [3.8, 4) is 11.5 Å². The Morgan fingerprint density at radius 3 is 2.24 bits per heavy atom. The fourth-order valence-electron chi connectivity index (χ4n) is 2.85. The van der Waals surface area contributed by atoms with Gasteiger partial charge in [0.05, 0.1) is 10.6 Å². The highest BCUT2D eigenvalue weighted by atomic mass is 35.5. The number of hydrogen-bond donors (Lipinski definition) is 2. The van der Waals surface area contributed by atoms with Gasteiger partial charge in [0.25, 0.3) is 0 Å². The molecule has 0 bridgehead atoms. The lowest BCUT2D eigenvalue weighted by molar-refractivity contribution is 0.248. The summed E-state index contributed by atoms with van der Waals surface area (Å²) in [5, 5.41) is 14.5. The normalized spacial score (nSPS) is 11.6. The molecular formula is C22H17ClN4O2. The van der Waals surface area contributed by atoms with Gasteiger partial charge in [0, 0.05) is 5.69 Å². The first kappa shape index (κ1) is 18.7. The number of amides is 2. The predicted molar refractivity (Wildman–Crippen MR) is 112 cm³/mol. The van der Waals surface area contributed by atoms with E-state index < -0.39 is 6.04 Å². The van der Waals surface area contributed by atoms with E-state index in [2.05, 4.69) is 20.8 Å². The molecule has 7 heteroatoms. The first-order valence-electron chi connectivity index (χ1n) is 8.96. The number of para-hydroxylation sites is 1. The van der Waals surface area contributed by atoms with Crippen LogP contribution in [0.5, 0.6) is 0 Å². The van der Waals surface area contributed by atoms with E-state index >= 15 is 0 Å². The second-order valence-electron chi connectivity index (χ2n) is 6.23. The molecule has 0 saturated carbocycles. The number of carbonyl (C=O) groups is 1. The molecule has 0 aliphatic rings. The molecule has 2 amide bonds. The summed E-state index contributed by atoms with van der Waals surface area (Å²) < 4.78 is 5.87. The molecule has 0 spiro atoms. The summed E-state index contributed by atoms with van der Waals surface area (Å²) in [4.78, 5) is 12.6. The van der Waals surface area contributed by atoms with Crippen molar-refractivity contribution in [2.45, 2.75) is 6.04 Å². The van der Waals surface area contributed by atoms with E-state index in [1.54, 1.807) is 24.3 Å². The largest absolute Gasteiger partial charge is 0.418 e. The Labute approximate surface area is 172 Å². The fourth-order valence-corrected chi connectivity index (χ4v) is 3.06. The van der Waals surface area contributed by atoms with E-state index in [-0.39, 0.29) is 17.8 Å². The summed E-state index contributed by atoms with van der Waals surface area (Å²) in [6, 6.07) is 24.8. The quantitative estimate of drug-likeness (QED) is 0.473. The Kier molecular flexibility index (Phi) is 5.54. The molecule has 1 unspecified atom stereocenters. The summed E-state index contributed by atoms with van der Waals surface area (Å²) in [7, 11) is 0. The summed E-state index contributed by atoms with van der Waals surface area (Å²) in [5.41, 5.74) is 2.12. The van der Waals surface area contributed by atoms with Crippen LogP contribution in [0.25, 0.3) is 11.5 Å². The zero-order valence-corrected chi connectivity index (χ0v) is 16.0. The van der Waals surface area contributed by atoms with Crippen LogP contribution in [0.3, 0.4) is 0 Å². The summed E-state index contributed by atoms with van der Waals surface area (Å²) in [6.45, 7) is 0. The third-order valence-corrected chi connectivity index (χ3v) is 4.56. The summed E-state index contributed by atoms with van der Waals surface area (Å²) in [5.74, 6) is 0.547. The number of nitrogens with zero attached hydrogens (tertiary/aromatic N) is 2. The van der Waals surface area contributed by atoms with E-state index in [1.165, 1.54) is 0 Å². The van der Waals surface area contributed by atoms with Gasteiger partial charge in [0.1, 0.15) is 6.04 Å². The van der Waals surface area contributed by atoms with Gasteiger partial charge in [0.2, 0.25) is 11.8 Å².